The standard InChI is InChI=1S/C5H12O.C4H8O.C3H6O/c1-3-5(6)4-2;1-3-4(2)5;1-3(2)4/h5-6H,3-4H2,1-2H3;3H2,1-2H3;1-2H3. The van der Waals surface area contributed by atoms with Crippen LogP contribution in [0.15, 0.2) is 0 Å². The van der Waals surface area contributed by atoms with E-state index < -0.39 is 0 Å². The first-order valence-electron chi connectivity index (χ1n) is 5.46. The molecule has 1 N–H and O–H groups in total. The third-order valence-electron chi connectivity index (χ3n) is 1.44. The Kier molecular flexibility index (Phi) is 20.8. The van der Waals surface area contributed by atoms with E-state index >= 15 is 0 Å². The molecule has 0 aromatic rings. The molecule has 0 aromatic heterocycles. The highest BCUT2D eigenvalue weighted by Crippen LogP contribution is 1.91. The minimum Gasteiger partial charge on any atom is -0.393 e. The number of rotatable bonds is 3. The molecule has 0 aromatic carbocycles. The number of ketones is 2. The minimum absolute atomic E-state index is 0.0648. The van der Waals surface area contributed by atoms with Crippen molar-refractivity contribution >= 4 is 11.6 Å². The molecule has 0 aliphatic heterocycles. The van der Waals surface area contributed by atoms with Gasteiger partial charge in [0.25, 0.3) is 0 Å². The van der Waals surface area contributed by atoms with Crippen molar-refractivity contribution in [3.63, 3.8) is 0 Å². The zero-order valence-electron chi connectivity index (χ0n) is 11.0. The molecule has 0 unspecified atom stereocenters. The van der Waals surface area contributed by atoms with Crippen molar-refractivity contribution in [3.05, 3.63) is 0 Å². The Morgan fingerprint density at radius 3 is 1.20 bits per heavy atom. The number of aliphatic hydroxyl groups is 1. The van der Waals surface area contributed by atoms with Crippen molar-refractivity contribution in [1.29, 1.82) is 0 Å². The summed E-state index contributed by atoms with van der Waals surface area (Å²) in [5, 5.41) is 8.67. The van der Waals surface area contributed by atoms with Crippen molar-refractivity contribution in [2.75, 3.05) is 0 Å². The third-order valence-corrected chi connectivity index (χ3v) is 1.44. The molecule has 0 rings (SSSR count). The van der Waals surface area contributed by atoms with Crippen LogP contribution in [0.2, 0.25) is 0 Å². The normalized spacial score (nSPS) is 8.27. The minimum atomic E-state index is -0.0648. The maximum atomic E-state index is 9.81. The molecule has 0 aliphatic rings. The molecule has 0 saturated heterocycles. The molecule has 0 fully saturated rings. The Balaban J connectivity index is -0.000000147. The Hall–Kier alpha value is -0.700. The first kappa shape index (κ1) is 19.8. The van der Waals surface area contributed by atoms with E-state index in [1.807, 2.05) is 20.8 Å². The molecular weight excluding hydrogens is 192 g/mol. The SMILES string of the molecule is CC(C)=O.CCC(C)=O.CCC(O)CC. The van der Waals surface area contributed by atoms with Crippen LogP contribution in [0, 0.1) is 0 Å². The summed E-state index contributed by atoms with van der Waals surface area (Å²) in [6.45, 7) is 10.4. The summed E-state index contributed by atoms with van der Waals surface area (Å²) in [6.07, 6.45) is 2.37. The molecule has 0 atom stereocenters. The number of carbonyl (C=O) groups excluding carboxylic acids is 2. The summed E-state index contributed by atoms with van der Waals surface area (Å²) < 4.78 is 0. The van der Waals surface area contributed by atoms with E-state index in [1.54, 1.807) is 6.92 Å². The van der Waals surface area contributed by atoms with Gasteiger partial charge < -0.3 is 14.7 Å². The summed E-state index contributed by atoms with van der Waals surface area (Å²) in [5.41, 5.74) is 0. The topological polar surface area (TPSA) is 54.4 Å². The van der Waals surface area contributed by atoms with Gasteiger partial charge in [-0.2, -0.15) is 0 Å². The molecule has 0 spiro atoms. The first-order valence-corrected chi connectivity index (χ1v) is 5.46. The molecule has 0 aliphatic carbocycles. The molecule has 0 saturated carbocycles. The summed E-state index contributed by atoms with van der Waals surface area (Å²) >= 11 is 0. The largest absolute Gasteiger partial charge is 0.393 e. The molecule has 3 nitrogen and oxygen atoms in total. The van der Waals surface area contributed by atoms with Gasteiger partial charge in [0.15, 0.2) is 0 Å². The fourth-order valence-corrected chi connectivity index (χ4v) is 0.289. The highest BCUT2D eigenvalue weighted by molar-refractivity contribution is 5.74. The lowest BCUT2D eigenvalue weighted by molar-refractivity contribution is -0.117. The second-order valence-electron chi connectivity index (χ2n) is 3.43. The van der Waals surface area contributed by atoms with Gasteiger partial charge in [0.1, 0.15) is 11.6 Å². The van der Waals surface area contributed by atoms with Crippen LogP contribution in [0.5, 0.6) is 0 Å². The Morgan fingerprint density at radius 1 is 1.00 bits per heavy atom. The molecular formula is C12H26O3. The average Bonchev–Trinajstić information content (AvgIpc) is 2.16. The smallest absolute Gasteiger partial charge is 0.129 e. The predicted molar refractivity (Wildman–Crippen MR) is 63.9 cm³/mol. The van der Waals surface area contributed by atoms with Crippen LogP contribution >= 0.6 is 0 Å². The molecule has 3 heteroatoms. The fourth-order valence-electron chi connectivity index (χ4n) is 0.289. The van der Waals surface area contributed by atoms with E-state index in [4.69, 9.17) is 5.11 Å². The lowest BCUT2D eigenvalue weighted by Crippen LogP contribution is -1.99. The van der Waals surface area contributed by atoms with Gasteiger partial charge in [-0.05, 0) is 33.6 Å². The molecule has 0 radical (unpaired) electrons. The maximum absolute atomic E-state index is 9.81. The van der Waals surface area contributed by atoms with Crippen molar-refractivity contribution in [2.45, 2.75) is 66.9 Å². The van der Waals surface area contributed by atoms with Gasteiger partial charge in [0, 0.05) is 6.42 Å². The van der Waals surface area contributed by atoms with Gasteiger partial charge in [-0.1, -0.05) is 20.8 Å². The zero-order valence-corrected chi connectivity index (χ0v) is 11.0. The third kappa shape index (κ3) is 60.5. The quantitative estimate of drug-likeness (QED) is 0.792. The van der Waals surface area contributed by atoms with E-state index in [-0.39, 0.29) is 17.7 Å². The van der Waals surface area contributed by atoms with E-state index in [0.717, 1.165) is 12.8 Å². The lowest BCUT2D eigenvalue weighted by atomic mass is 10.2. The molecule has 15 heavy (non-hydrogen) atoms. The number of Topliss-reactive ketones (excluding diaryl/α,β-unsaturated/α-hetero) is 2. The highest BCUT2D eigenvalue weighted by Gasteiger charge is 1.90. The lowest BCUT2D eigenvalue weighted by Gasteiger charge is -1.98. The van der Waals surface area contributed by atoms with Gasteiger partial charge in [0.05, 0.1) is 6.10 Å². The van der Waals surface area contributed by atoms with Crippen molar-refractivity contribution < 1.29 is 14.7 Å². The number of carbonyl (C=O) groups is 2. The van der Waals surface area contributed by atoms with Crippen LogP contribution in [0.3, 0.4) is 0 Å². The summed E-state index contributed by atoms with van der Waals surface area (Å²) in [7, 11) is 0. The molecule has 92 valence electrons. The van der Waals surface area contributed by atoms with Crippen molar-refractivity contribution in [3.8, 4) is 0 Å². The van der Waals surface area contributed by atoms with E-state index in [9.17, 15) is 9.59 Å². The first-order chi connectivity index (χ1) is 6.81. The van der Waals surface area contributed by atoms with E-state index in [0.29, 0.717) is 6.42 Å². The van der Waals surface area contributed by atoms with Gasteiger partial charge in [-0.15, -0.1) is 0 Å². The van der Waals surface area contributed by atoms with Gasteiger partial charge in [0.2, 0.25) is 0 Å². The highest BCUT2D eigenvalue weighted by atomic mass is 16.3. The van der Waals surface area contributed by atoms with Gasteiger partial charge >= 0.3 is 0 Å². The average molecular weight is 218 g/mol. The maximum Gasteiger partial charge on any atom is 0.129 e. The van der Waals surface area contributed by atoms with Crippen LogP contribution in [0.25, 0.3) is 0 Å². The van der Waals surface area contributed by atoms with Crippen molar-refractivity contribution in [1.82, 2.24) is 0 Å². The Morgan fingerprint density at radius 2 is 1.20 bits per heavy atom. The van der Waals surface area contributed by atoms with Gasteiger partial charge in [-0.3, -0.25) is 0 Å². The number of aliphatic hydroxyl groups excluding tert-OH is 1. The number of hydrogen-bond donors (Lipinski definition) is 1. The second kappa shape index (κ2) is 15.8. The summed E-state index contributed by atoms with van der Waals surface area (Å²) in [6, 6.07) is 0. The molecule has 0 bridgehead atoms. The monoisotopic (exact) mass is 218 g/mol. The van der Waals surface area contributed by atoms with Crippen LogP contribution in [-0.4, -0.2) is 22.8 Å². The Bertz CT molecular complexity index is 145. The van der Waals surface area contributed by atoms with Crippen LogP contribution < -0.4 is 0 Å². The van der Waals surface area contributed by atoms with Crippen LogP contribution in [0.4, 0.5) is 0 Å². The van der Waals surface area contributed by atoms with E-state index in [1.165, 1.54) is 13.8 Å². The van der Waals surface area contributed by atoms with Crippen LogP contribution in [-0.2, 0) is 9.59 Å². The Labute approximate surface area is 93.9 Å². The predicted octanol–water partition coefficient (Wildman–Crippen LogP) is 2.75. The second-order valence-corrected chi connectivity index (χ2v) is 3.43. The van der Waals surface area contributed by atoms with Crippen molar-refractivity contribution in [2.24, 2.45) is 0 Å². The zero-order chi connectivity index (χ0) is 12.9. The fraction of sp³-hybridized carbons (Fsp3) is 0.833. The van der Waals surface area contributed by atoms with Gasteiger partial charge in [-0.25, -0.2) is 0 Å². The number of hydrogen-bond acceptors (Lipinski definition) is 3. The molecule has 0 heterocycles. The summed E-state index contributed by atoms with van der Waals surface area (Å²) in [5.74, 6) is 0.421. The molecule has 0 amide bonds. The summed E-state index contributed by atoms with van der Waals surface area (Å²) in [4.78, 5) is 19.3. The van der Waals surface area contributed by atoms with E-state index in [2.05, 4.69) is 0 Å². The van der Waals surface area contributed by atoms with Crippen LogP contribution in [0.1, 0.15) is 60.8 Å².